The van der Waals surface area contributed by atoms with Gasteiger partial charge < -0.3 is 20.7 Å². The highest BCUT2D eigenvalue weighted by Gasteiger charge is 2.41. The third-order valence-corrected chi connectivity index (χ3v) is 7.52. The minimum atomic E-state index is -0.959. The number of piperidine rings is 1. The SMILES string of the molecule is CC(C)(C)C[C@H](NC(=O)[C@H]1Cc2ccccc2N1C(=O)OCc1ccccc1)C(=O)N[C@H](C#N)C[C@@H]1CCCNC1=O. The van der Waals surface area contributed by atoms with Gasteiger partial charge in [-0.15, -0.1) is 0 Å². The second-order valence-corrected chi connectivity index (χ2v) is 12.1. The van der Waals surface area contributed by atoms with E-state index in [1.165, 1.54) is 4.90 Å². The van der Waals surface area contributed by atoms with Crippen LogP contribution in [0.25, 0.3) is 0 Å². The first-order chi connectivity index (χ1) is 20.1. The van der Waals surface area contributed by atoms with E-state index in [-0.39, 0.29) is 36.7 Å². The van der Waals surface area contributed by atoms with Crippen LogP contribution in [0.15, 0.2) is 54.6 Å². The molecule has 0 aliphatic carbocycles. The molecule has 42 heavy (non-hydrogen) atoms. The van der Waals surface area contributed by atoms with Crippen LogP contribution < -0.4 is 20.9 Å². The zero-order valence-electron chi connectivity index (χ0n) is 24.4. The van der Waals surface area contributed by atoms with Crippen molar-refractivity contribution in [3.8, 4) is 6.07 Å². The minimum absolute atomic E-state index is 0.0519. The monoisotopic (exact) mass is 573 g/mol. The van der Waals surface area contributed by atoms with E-state index in [1.54, 1.807) is 12.1 Å². The molecule has 2 aliphatic heterocycles. The van der Waals surface area contributed by atoms with Gasteiger partial charge in [0.15, 0.2) is 0 Å². The number of hydrogen-bond acceptors (Lipinski definition) is 6. The summed E-state index contributed by atoms with van der Waals surface area (Å²) in [6, 6.07) is 15.9. The first-order valence-corrected chi connectivity index (χ1v) is 14.4. The van der Waals surface area contributed by atoms with E-state index < -0.39 is 36.0 Å². The lowest BCUT2D eigenvalue weighted by atomic mass is 9.87. The molecular weight excluding hydrogens is 534 g/mol. The Kier molecular flexibility index (Phi) is 9.84. The Balaban J connectivity index is 1.48. The number of rotatable bonds is 9. The Morgan fingerprint density at radius 2 is 1.81 bits per heavy atom. The average Bonchev–Trinajstić information content (AvgIpc) is 3.36. The molecule has 10 nitrogen and oxygen atoms in total. The number of amides is 4. The van der Waals surface area contributed by atoms with Crippen LogP contribution in [-0.4, -0.2) is 48.5 Å². The number of nitrogens with one attached hydrogen (secondary N) is 3. The number of benzene rings is 2. The second-order valence-electron chi connectivity index (χ2n) is 12.1. The molecule has 4 atom stereocenters. The first-order valence-electron chi connectivity index (χ1n) is 14.4. The lowest BCUT2D eigenvalue weighted by Crippen LogP contribution is -2.56. The molecule has 0 saturated carbocycles. The normalized spacial score (nSPS) is 19.5. The van der Waals surface area contributed by atoms with Crippen molar-refractivity contribution in [3.63, 3.8) is 0 Å². The van der Waals surface area contributed by atoms with E-state index in [1.807, 2.05) is 63.2 Å². The van der Waals surface area contributed by atoms with E-state index in [9.17, 15) is 24.4 Å². The van der Waals surface area contributed by atoms with Crippen LogP contribution in [0.1, 0.15) is 57.6 Å². The number of fused-ring (bicyclic) bond motifs is 1. The number of nitriles is 1. The van der Waals surface area contributed by atoms with E-state index in [4.69, 9.17) is 4.74 Å². The van der Waals surface area contributed by atoms with E-state index in [0.717, 1.165) is 17.5 Å². The number of nitrogens with zero attached hydrogens (tertiary/aromatic N) is 2. The van der Waals surface area contributed by atoms with Gasteiger partial charge in [0.05, 0.1) is 11.8 Å². The molecule has 0 radical (unpaired) electrons. The summed E-state index contributed by atoms with van der Waals surface area (Å²) >= 11 is 0. The molecule has 0 bridgehead atoms. The summed E-state index contributed by atoms with van der Waals surface area (Å²) < 4.78 is 5.59. The van der Waals surface area contributed by atoms with Crippen LogP contribution in [0.3, 0.4) is 0 Å². The molecule has 4 amide bonds. The largest absolute Gasteiger partial charge is 0.444 e. The molecular formula is C32H39N5O5. The highest BCUT2D eigenvalue weighted by Crippen LogP contribution is 2.33. The molecule has 1 fully saturated rings. The Bertz CT molecular complexity index is 1330. The Labute approximate surface area is 246 Å². The molecule has 10 heteroatoms. The smallest absolute Gasteiger partial charge is 0.415 e. The highest BCUT2D eigenvalue weighted by atomic mass is 16.6. The van der Waals surface area contributed by atoms with Gasteiger partial charge in [-0.1, -0.05) is 69.3 Å². The van der Waals surface area contributed by atoms with Crippen molar-refractivity contribution in [3.05, 3.63) is 65.7 Å². The average molecular weight is 574 g/mol. The molecule has 222 valence electrons. The van der Waals surface area contributed by atoms with E-state index in [2.05, 4.69) is 22.0 Å². The molecule has 0 spiro atoms. The second kappa shape index (κ2) is 13.5. The number of ether oxygens (including phenoxy) is 1. The Morgan fingerprint density at radius 3 is 2.50 bits per heavy atom. The molecule has 0 unspecified atom stereocenters. The van der Waals surface area contributed by atoms with Crippen LogP contribution >= 0.6 is 0 Å². The fourth-order valence-corrected chi connectivity index (χ4v) is 5.46. The summed E-state index contributed by atoms with van der Waals surface area (Å²) in [6.45, 7) is 6.52. The van der Waals surface area contributed by atoms with Gasteiger partial charge in [0.25, 0.3) is 0 Å². The summed E-state index contributed by atoms with van der Waals surface area (Å²) in [5.74, 6) is -1.47. The topological polar surface area (TPSA) is 141 Å². The predicted molar refractivity (Wildman–Crippen MR) is 157 cm³/mol. The molecule has 2 aliphatic rings. The van der Waals surface area contributed by atoms with Crippen molar-refractivity contribution in [1.29, 1.82) is 5.26 Å². The van der Waals surface area contributed by atoms with Gasteiger partial charge in [-0.2, -0.15) is 5.26 Å². The molecule has 0 aromatic heterocycles. The number of carbonyl (C=O) groups is 4. The van der Waals surface area contributed by atoms with Crippen molar-refractivity contribution < 1.29 is 23.9 Å². The predicted octanol–water partition coefficient (Wildman–Crippen LogP) is 3.60. The van der Waals surface area contributed by atoms with Crippen LogP contribution in [0.4, 0.5) is 10.5 Å². The van der Waals surface area contributed by atoms with Gasteiger partial charge in [0.1, 0.15) is 24.7 Å². The van der Waals surface area contributed by atoms with E-state index >= 15 is 0 Å². The van der Waals surface area contributed by atoms with Gasteiger partial charge in [0.2, 0.25) is 17.7 Å². The summed E-state index contributed by atoms with van der Waals surface area (Å²) in [6.07, 6.45) is 1.58. The summed E-state index contributed by atoms with van der Waals surface area (Å²) in [5, 5.41) is 18.2. The van der Waals surface area contributed by atoms with Crippen molar-refractivity contribution in [2.45, 2.75) is 77.6 Å². The third-order valence-electron chi connectivity index (χ3n) is 7.52. The van der Waals surface area contributed by atoms with Crippen LogP contribution in [0.2, 0.25) is 0 Å². The highest BCUT2D eigenvalue weighted by molar-refractivity contribution is 6.01. The minimum Gasteiger partial charge on any atom is -0.444 e. The van der Waals surface area contributed by atoms with Gasteiger partial charge in [-0.05, 0) is 48.3 Å². The molecule has 4 rings (SSSR count). The maximum Gasteiger partial charge on any atom is 0.415 e. The number of hydrogen-bond donors (Lipinski definition) is 3. The van der Waals surface area contributed by atoms with E-state index in [0.29, 0.717) is 25.1 Å². The Hall–Kier alpha value is -4.39. The summed E-state index contributed by atoms with van der Waals surface area (Å²) in [5.41, 5.74) is 1.89. The van der Waals surface area contributed by atoms with Crippen molar-refractivity contribution in [1.82, 2.24) is 16.0 Å². The fraction of sp³-hybridized carbons (Fsp3) is 0.469. The standard InChI is InChI=1S/C32H39N5O5/c1-32(2,3)18-25(29(39)35-24(19-33)16-23-13-9-15-34-28(23)38)36-30(40)27-17-22-12-7-8-14-26(22)37(27)31(41)42-20-21-10-5-4-6-11-21/h4-8,10-12,14,23-25,27H,9,13,15-18,20H2,1-3H3,(H,34,38)(H,35,39)(H,36,40)/t23-,24-,25-,27+/m0/s1. The number of anilines is 1. The lowest BCUT2D eigenvalue weighted by Gasteiger charge is -2.30. The molecule has 2 aromatic carbocycles. The lowest BCUT2D eigenvalue weighted by molar-refractivity contribution is -0.131. The quantitative estimate of drug-likeness (QED) is 0.419. The van der Waals surface area contributed by atoms with Gasteiger partial charge in [0, 0.05) is 18.9 Å². The van der Waals surface area contributed by atoms with Crippen molar-refractivity contribution >= 4 is 29.5 Å². The van der Waals surface area contributed by atoms with Crippen LogP contribution in [0, 0.1) is 22.7 Å². The molecule has 3 N–H and O–H groups in total. The summed E-state index contributed by atoms with van der Waals surface area (Å²) in [4.78, 5) is 54.1. The number of para-hydroxylation sites is 1. The third kappa shape index (κ3) is 7.87. The maximum atomic E-state index is 13.8. The zero-order chi connectivity index (χ0) is 30.3. The van der Waals surface area contributed by atoms with Crippen LogP contribution in [-0.2, 0) is 32.1 Å². The molecule has 2 heterocycles. The number of carbonyl (C=O) groups excluding carboxylic acids is 4. The van der Waals surface area contributed by atoms with Gasteiger partial charge in [-0.25, -0.2) is 4.79 Å². The van der Waals surface area contributed by atoms with Gasteiger partial charge >= 0.3 is 6.09 Å². The summed E-state index contributed by atoms with van der Waals surface area (Å²) in [7, 11) is 0. The van der Waals surface area contributed by atoms with Crippen molar-refractivity contribution in [2.24, 2.45) is 11.3 Å². The van der Waals surface area contributed by atoms with Gasteiger partial charge in [-0.3, -0.25) is 19.3 Å². The molecule has 2 aromatic rings. The van der Waals surface area contributed by atoms with Crippen molar-refractivity contribution in [2.75, 3.05) is 11.4 Å². The zero-order valence-corrected chi connectivity index (χ0v) is 24.4. The fourth-order valence-electron chi connectivity index (χ4n) is 5.46. The molecule has 1 saturated heterocycles. The van der Waals surface area contributed by atoms with Crippen LogP contribution in [0.5, 0.6) is 0 Å². The Morgan fingerprint density at radius 1 is 1.10 bits per heavy atom. The maximum absolute atomic E-state index is 13.8. The first kappa shape index (κ1) is 30.6.